The number of ketones is 1. The lowest BCUT2D eigenvalue weighted by Gasteiger charge is -2.17. The summed E-state index contributed by atoms with van der Waals surface area (Å²) >= 11 is 1.52. The van der Waals surface area contributed by atoms with Crippen molar-refractivity contribution in [3.63, 3.8) is 0 Å². The third kappa shape index (κ3) is 6.28. The quantitative estimate of drug-likeness (QED) is 0.437. The minimum Gasteiger partial charge on any atom is -0.454 e. The molecule has 0 saturated heterocycles. The Kier molecular flexibility index (Phi) is 8.22. The van der Waals surface area contributed by atoms with Gasteiger partial charge in [-0.2, -0.15) is 0 Å². The van der Waals surface area contributed by atoms with Crippen molar-refractivity contribution in [2.24, 2.45) is 0 Å². The van der Waals surface area contributed by atoms with Gasteiger partial charge < -0.3 is 23.8 Å². The van der Waals surface area contributed by atoms with Crippen LogP contribution in [-0.2, 0) is 31.0 Å². The first-order valence-corrected chi connectivity index (χ1v) is 14.4. The maximum absolute atomic E-state index is 12.9. The lowest BCUT2D eigenvalue weighted by molar-refractivity contribution is -0.116. The summed E-state index contributed by atoms with van der Waals surface area (Å²) in [7, 11) is -3.19. The second-order valence-corrected chi connectivity index (χ2v) is 12.1. The Balaban J connectivity index is 1.39. The van der Waals surface area contributed by atoms with E-state index < -0.39 is 7.60 Å². The maximum atomic E-state index is 12.9. The number of amides is 1. The van der Waals surface area contributed by atoms with E-state index in [2.05, 4.69) is 5.32 Å². The Morgan fingerprint density at radius 3 is 2.43 bits per heavy atom. The molecule has 1 N–H and O–H groups in total. The van der Waals surface area contributed by atoms with Gasteiger partial charge in [-0.1, -0.05) is 12.1 Å². The van der Waals surface area contributed by atoms with Crippen LogP contribution in [-0.4, -0.2) is 42.2 Å². The summed E-state index contributed by atoms with van der Waals surface area (Å²) < 4.78 is 34.4. The Hall–Kier alpha value is -2.32. The van der Waals surface area contributed by atoms with Gasteiger partial charge in [-0.15, -0.1) is 11.8 Å². The zero-order chi connectivity index (χ0) is 25.0. The van der Waals surface area contributed by atoms with Crippen molar-refractivity contribution in [3.8, 4) is 11.5 Å². The lowest BCUT2D eigenvalue weighted by Crippen LogP contribution is -2.21. The number of nitrogens with one attached hydrogen (secondary N) is 1. The van der Waals surface area contributed by atoms with Gasteiger partial charge in [-0.3, -0.25) is 14.2 Å². The molecule has 4 rings (SSSR count). The molecule has 2 aliphatic heterocycles. The van der Waals surface area contributed by atoms with Gasteiger partial charge in [0.2, 0.25) is 12.7 Å². The Morgan fingerprint density at radius 2 is 1.77 bits per heavy atom. The number of rotatable bonds is 9. The van der Waals surface area contributed by atoms with Crippen molar-refractivity contribution in [1.29, 1.82) is 0 Å². The van der Waals surface area contributed by atoms with Gasteiger partial charge in [0, 0.05) is 22.9 Å². The predicted molar refractivity (Wildman–Crippen MR) is 136 cm³/mol. The van der Waals surface area contributed by atoms with Crippen LogP contribution in [0.5, 0.6) is 11.5 Å². The first-order valence-electron chi connectivity index (χ1n) is 11.7. The molecular weight excluding hydrogens is 489 g/mol. The molecular formula is C25H30NO7PS. The number of carbonyl (C=O) groups is 2. The zero-order valence-corrected chi connectivity index (χ0v) is 21.8. The fourth-order valence-corrected chi connectivity index (χ4v) is 7.28. The van der Waals surface area contributed by atoms with Crippen LogP contribution in [0.2, 0.25) is 0 Å². The van der Waals surface area contributed by atoms with E-state index in [1.165, 1.54) is 11.8 Å². The zero-order valence-electron chi connectivity index (χ0n) is 20.1. The minimum absolute atomic E-state index is 0.0400. The molecule has 0 saturated carbocycles. The molecule has 188 valence electrons. The van der Waals surface area contributed by atoms with E-state index >= 15 is 0 Å². The van der Waals surface area contributed by atoms with Crippen molar-refractivity contribution >= 4 is 36.7 Å². The molecule has 2 heterocycles. The van der Waals surface area contributed by atoms with Gasteiger partial charge in [0.05, 0.1) is 24.6 Å². The van der Waals surface area contributed by atoms with E-state index in [0.717, 1.165) is 11.1 Å². The van der Waals surface area contributed by atoms with Gasteiger partial charge in [-0.25, -0.2) is 0 Å². The van der Waals surface area contributed by atoms with E-state index in [1.54, 1.807) is 44.2 Å². The SMILES string of the molecule is CCOP(=O)(Cc1ccc(NC(=O)C[C@H]2Cc3cc4c(cc3C(=O)[C@H](C)S2)OCO4)cc1)OCC. The molecule has 0 radical (unpaired) electrons. The van der Waals surface area contributed by atoms with Crippen molar-refractivity contribution in [3.05, 3.63) is 53.1 Å². The first kappa shape index (κ1) is 25.8. The molecule has 2 atom stereocenters. The summed E-state index contributed by atoms with van der Waals surface area (Å²) in [6.07, 6.45) is 1.02. The van der Waals surface area contributed by atoms with E-state index in [0.29, 0.717) is 42.4 Å². The minimum atomic E-state index is -3.19. The Morgan fingerprint density at radius 1 is 1.11 bits per heavy atom. The molecule has 2 aromatic rings. The van der Waals surface area contributed by atoms with Crippen LogP contribution in [0.25, 0.3) is 0 Å². The second-order valence-electron chi connectivity index (χ2n) is 8.39. The highest BCUT2D eigenvalue weighted by atomic mass is 32.2. The highest BCUT2D eigenvalue weighted by Gasteiger charge is 2.32. The number of hydrogen-bond donors (Lipinski definition) is 1. The number of anilines is 1. The molecule has 0 aromatic heterocycles. The molecule has 10 heteroatoms. The maximum Gasteiger partial charge on any atom is 0.335 e. The fraction of sp³-hybridized carbons (Fsp3) is 0.440. The highest BCUT2D eigenvalue weighted by Crippen LogP contribution is 2.51. The van der Waals surface area contributed by atoms with Crippen molar-refractivity contribution in [2.75, 3.05) is 25.3 Å². The summed E-state index contributed by atoms with van der Waals surface area (Å²) in [5.74, 6) is 1.14. The van der Waals surface area contributed by atoms with Crippen molar-refractivity contribution in [1.82, 2.24) is 0 Å². The normalized spacial score (nSPS) is 19.2. The Bertz CT molecular complexity index is 1130. The van der Waals surface area contributed by atoms with Crippen LogP contribution in [0.3, 0.4) is 0 Å². The van der Waals surface area contributed by atoms with Crippen LogP contribution >= 0.6 is 19.4 Å². The number of fused-ring (bicyclic) bond motifs is 2. The molecule has 0 unspecified atom stereocenters. The summed E-state index contributed by atoms with van der Waals surface area (Å²) in [4.78, 5) is 25.7. The van der Waals surface area contributed by atoms with Crippen LogP contribution in [0, 0.1) is 0 Å². The molecule has 8 nitrogen and oxygen atoms in total. The van der Waals surface area contributed by atoms with Gasteiger partial charge in [0.15, 0.2) is 17.3 Å². The van der Waals surface area contributed by atoms with Gasteiger partial charge >= 0.3 is 7.60 Å². The average molecular weight is 520 g/mol. The van der Waals surface area contributed by atoms with Gasteiger partial charge in [0.25, 0.3) is 0 Å². The third-order valence-corrected chi connectivity index (χ3v) is 9.15. The predicted octanol–water partition coefficient (Wildman–Crippen LogP) is 5.44. The molecule has 2 aromatic carbocycles. The van der Waals surface area contributed by atoms with Crippen LogP contribution in [0.1, 0.15) is 48.7 Å². The average Bonchev–Trinajstić information content (AvgIpc) is 3.22. The summed E-state index contributed by atoms with van der Waals surface area (Å²) in [6, 6.07) is 10.8. The molecule has 0 aliphatic carbocycles. The first-order chi connectivity index (χ1) is 16.8. The van der Waals surface area contributed by atoms with E-state index in [1.807, 2.05) is 13.0 Å². The fourth-order valence-electron chi connectivity index (χ4n) is 4.22. The van der Waals surface area contributed by atoms with Crippen LogP contribution in [0.4, 0.5) is 5.69 Å². The topological polar surface area (TPSA) is 100 Å². The highest BCUT2D eigenvalue weighted by molar-refractivity contribution is 8.01. The third-order valence-electron chi connectivity index (χ3n) is 5.76. The van der Waals surface area contributed by atoms with E-state index in [4.69, 9.17) is 18.5 Å². The van der Waals surface area contributed by atoms with E-state index in [-0.39, 0.29) is 41.6 Å². The van der Waals surface area contributed by atoms with Gasteiger partial charge in [-0.05, 0) is 62.6 Å². The second kappa shape index (κ2) is 11.2. The largest absolute Gasteiger partial charge is 0.454 e. The number of benzene rings is 2. The number of hydrogen-bond acceptors (Lipinski definition) is 8. The molecule has 0 spiro atoms. The monoisotopic (exact) mass is 519 g/mol. The molecule has 35 heavy (non-hydrogen) atoms. The number of thioether (sulfide) groups is 1. The van der Waals surface area contributed by atoms with E-state index in [9.17, 15) is 14.2 Å². The smallest absolute Gasteiger partial charge is 0.335 e. The lowest BCUT2D eigenvalue weighted by atomic mass is 9.97. The summed E-state index contributed by atoms with van der Waals surface area (Å²) in [5, 5.41) is 2.61. The standard InChI is InChI=1S/C25H30NO7PS/c1-4-32-34(29,33-5-2)14-17-6-8-19(9-7-17)26-24(27)12-20-10-18-11-22-23(31-15-30-22)13-21(18)25(28)16(3)35-20/h6-9,11,13,16,20H,4-5,10,12,14-15H2,1-3H3,(H,26,27)/t16-,20+/m0/s1. The van der Waals surface area contributed by atoms with Crippen molar-refractivity contribution < 1.29 is 32.7 Å². The summed E-state index contributed by atoms with van der Waals surface area (Å²) in [5.41, 5.74) is 2.97. The number of Topliss-reactive ketones (excluding diaryl/α,β-unsaturated/α-hetero) is 1. The number of carbonyl (C=O) groups excluding carboxylic acids is 2. The molecule has 0 bridgehead atoms. The Labute approximate surface area is 209 Å². The van der Waals surface area contributed by atoms with Crippen molar-refractivity contribution in [2.45, 2.75) is 50.3 Å². The van der Waals surface area contributed by atoms with Gasteiger partial charge in [0.1, 0.15) is 0 Å². The molecule has 2 aliphatic rings. The molecule has 0 fully saturated rings. The molecule has 1 amide bonds. The van der Waals surface area contributed by atoms with Crippen LogP contribution < -0.4 is 14.8 Å². The van der Waals surface area contributed by atoms with Crippen LogP contribution in [0.15, 0.2) is 36.4 Å². The summed E-state index contributed by atoms with van der Waals surface area (Å²) in [6.45, 7) is 6.20. The number of ether oxygens (including phenoxy) is 2.